The van der Waals surface area contributed by atoms with Gasteiger partial charge in [0, 0.05) is 0 Å². The minimum atomic E-state index is -4.71. The van der Waals surface area contributed by atoms with Gasteiger partial charge in [-0.3, -0.25) is 0 Å². The molecule has 0 bridgehead atoms. The first-order chi connectivity index (χ1) is 12.9. The Hall–Kier alpha value is -2.76. The molecule has 2 N–H and O–H groups in total. The monoisotopic (exact) mass is 403 g/mol. The van der Waals surface area contributed by atoms with Gasteiger partial charge in [-0.05, 0) is 50.9 Å². The summed E-state index contributed by atoms with van der Waals surface area (Å²) in [5, 5.41) is 4.33. The molecule has 0 spiro atoms. The highest BCUT2D eigenvalue weighted by atomic mass is 35.5. The first-order valence-corrected chi connectivity index (χ1v) is 8.44. The first-order valence-electron chi connectivity index (χ1n) is 8.44. The lowest BCUT2D eigenvalue weighted by Crippen LogP contribution is -2.17. The summed E-state index contributed by atoms with van der Waals surface area (Å²) in [6.45, 7) is 0. The van der Waals surface area contributed by atoms with Crippen LogP contribution in [0.1, 0.15) is 17.2 Å². The van der Waals surface area contributed by atoms with Crippen molar-refractivity contribution in [2.45, 2.75) is 12.4 Å². The standard InChI is InChI=1S/C22H16F3NO.ClH/c23-22(24,25)27-16-11-9-14(10-12-16)21(26)20-13-15-5-1-2-6-17(15)18-7-3-4-8-19(18)20;/h1-13,21H,26H2;1H/t21-;/m0./s1. The predicted molar refractivity (Wildman–Crippen MR) is 108 cm³/mol. The molecule has 0 unspecified atom stereocenters. The summed E-state index contributed by atoms with van der Waals surface area (Å²) in [4.78, 5) is 0. The molecule has 2 nitrogen and oxygen atoms in total. The Morgan fingerprint density at radius 2 is 1.32 bits per heavy atom. The van der Waals surface area contributed by atoms with E-state index in [1.165, 1.54) is 12.1 Å². The molecule has 144 valence electrons. The molecule has 4 aromatic rings. The molecular formula is C22H17ClF3NO. The van der Waals surface area contributed by atoms with Crippen molar-refractivity contribution in [3.63, 3.8) is 0 Å². The van der Waals surface area contributed by atoms with Gasteiger partial charge in [-0.2, -0.15) is 0 Å². The molecule has 0 saturated heterocycles. The van der Waals surface area contributed by atoms with Gasteiger partial charge in [0.15, 0.2) is 0 Å². The number of hydrogen-bond donors (Lipinski definition) is 1. The lowest BCUT2D eigenvalue weighted by atomic mass is 9.91. The Morgan fingerprint density at radius 1 is 0.750 bits per heavy atom. The van der Waals surface area contributed by atoms with E-state index in [-0.39, 0.29) is 18.2 Å². The number of nitrogens with two attached hydrogens (primary N) is 1. The molecule has 0 radical (unpaired) electrons. The van der Waals surface area contributed by atoms with Crippen molar-refractivity contribution >= 4 is 34.0 Å². The number of rotatable bonds is 3. The molecule has 0 saturated carbocycles. The zero-order valence-corrected chi connectivity index (χ0v) is 15.4. The van der Waals surface area contributed by atoms with Crippen LogP contribution in [0.25, 0.3) is 21.5 Å². The molecule has 28 heavy (non-hydrogen) atoms. The molecule has 0 aliphatic carbocycles. The quantitative estimate of drug-likeness (QED) is 0.404. The Bertz CT molecular complexity index is 1110. The number of fused-ring (bicyclic) bond motifs is 3. The fraction of sp³-hybridized carbons (Fsp3) is 0.0909. The summed E-state index contributed by atoms with van der Waals surface area (Å²) in [5.41, 5.74) is 8.13. The van der Waals surface area contributed by atoms with E-state index in [0.29, 0.717) is 5.56 Å². The molecule has 0 aliphatic rings. The van der Waals surface area contributed by atoms with Gasteiger partial charge in [0.05, 0.1) is 6.04 Å². The number of halogens is 4. The van der Waals surface area contributed by atoms with Crippen molar-refractivity contribution in [3.05, 3.63) is 90.0 Å². The Kier molecular flexibility index (Phi) is 5.49. The van der Waals surface area contributed by atoms with Gasteiger partial charge in [-0.15, -0.1) is 25.6 Å². The van der Waals surface area contributed by atoms with E-state index < -0.39 is 12.4 Å². The average molecular weight is 404 g/mol. The van der Waals surface area contributed by atoms with Crippen LogP contribution in [0.2, 0.25) is 0 Å². The highest BCUT2D eigenvalue weighted by Gasteiger charge is 2.31. The van der Waals surface area contributed by atoms with Crippen molar-refractivity contribution in [1.82, 2.24) is 0 Å². The van der Waals surface area contributed by atoms with E-state index in [0.717, 1.165) is 27.1 Å². The van der Waals surface area contributed by atoms with Crippen molar-refractivity contribution in [2.75, 3.05) is 0 Å². The predicted octanol–water partition coefficient (Wildman–Crippen LogP) is 6.36. The summed E-state index contributed by atoms with van der Waals surface area (Å²) in [6.07, 6.45) is -4.71. The van der Waals surface area contributed by atoms with Crippen LogP contribution >= 0.6 is 12.4 Å². The van der Waals surface area contributed by atoms with E-state index in [2.05, 4.69) is 10.8 Å². The molecule has 4 aromatic carbocycles. The van der Waals surface area contributed by atoms with Gasteiger partial charge >= 0.3 is 6.36 Å². The Morgan fingerprint density at radius 3 is 1.96 bits per heavy atom. The normalized spacial score (nSPS) is 12.6. The van der Waals surface area contributed by atoms with E-state index >= 15 is 0 Å². The zero-order chi connectivity index (χ0) is 19.0. The highest BCUT2D eigenvalue weighted by molar-refractivity contribution is 6.09. The second-order valence-electron chi connectivity index (χ2n) is 6.33. The average Bonchev–Trinajstić information content (AvgIpc) is 2.66. The van der Waals surface area contributed by atoms with Gasteiger partial charge in [0.2, 0.25) is 0 Å². The fourth-order valence-electron chi connectivity index (χ4n) is 3.40. The molecule has 0 aliphatic heterocycles. The van der Waals surface area contributed by atoms with Crippen LogP contribution in [-0.2, 0) is 0 Å². The molecule has 0 fully saturated rings. The fourth-order valence-corrected chi connectivity index (χ4v) is 3.40. The molecular weight excluding hydrogens is 387 g/mol. The Labute approximate surface area is 166 Å². The van der Waals surface area contributed by atoms with E-state index in [1.807, 2.05) is 48.5 Å². The van der Waals surface area contributed by atoms with E-state index in [1.54, 1.807) is 12.1 Å². The topological polar surface area (TPSA) is 35.2 Å². The zero-order valence-electron chi connectivity index (χ0n) is 14.6. The SMILES string of the molecule is Cl.N[C@@H](c1ccc(OC(F)(F)F)cc1)c1cc2ccccc2c2ccccc12. The lowest BCUT2D eigenvalue weighted by molar-refractivity contribution is -0.274. The molecule has 6 heteroatoms. The van der Waals surface area contributed by atoms with Crippen LogP contribution in [0, 0.1) is 0 Å². The van der Waals surface area contributed by atoms with E-state index in [4.69, 9.17) is 5.73 Å². The smallest absolute Gasteiger partial charge is 0.406 e. The third-order valence-corrected chi connectivity index (χ3v) is 4.61. The lowest BCUT2D eigenvalue weighted by Gasteiger charge is -2.18. The molecule has 1 atom stereocenters. The second kappa shape index (κ2) is 7.70. The number of benzene rings is 4. The van der Waals surface area contributed by atoms with Crippen LogP contribution in [-0.4, -0.2) is 6.36 Å². The number of alkyl halides is 3. The van der Waals surface area contributed by atoms with Crippen molar-refractivity contribution in [1.29, 1.82) is 0 Å². The van der Waals surface area contributed by atoms with Crippen LogP contribution < -0.4 is 10.5 Å². The van der Waals surface area contributed by atoms with Crippen LogP contribution in [0.3, 0.4) is 0 Å². The minimum Gasteiger partial charge on any atom is -0.406 e. The molecule has 4 rings (SSSR count). The summed E-state index contributed by atoms with van der Waals surface area (Å²) in [5.74, 6) is -0.262. The molecule has 0 amide bonds. The maximum atomic E-state index is 12.3. The van der Waals surface area contributed by atoms with Crippen LogP contribution in [0.5, 0.6) is 5.75 Å². The number of hydrogen-bond acceptors (Lipinski definition) is 2. The summed E-state index contributed by atoms with van der Waals surface area (Å²) < 4.78 is 41.0. The van der Waals surface area contributed by atoms with Gasteiger partial charge in [-0.1, -0.05) is 60.7 Å². The minimum absolute atomic E-state index is 0. The summed E-state index contributed by atoms with van der Waals surface area (Å²) >= 11 is 0. The Balaban J connectivity index is 0.00000225. The van der Waals surface area contributed by atoms with Crippen molar-refractivity contribution in [3.8, 4) is 5.75 Å². The maximum absolute atomic E-state index is 12.3. The maximum Gasteiger partial charge on any atom is 0.573 e. The largest absolute Gasteiger partial charge is 0.573 e. The highest BCUT2D eigenvalue weighted by Crippen LogP contribution is 2.34. The van der Waals surface area contributed by atoms with Gasteiger partial charge in [-0.25, -0.2) is 0 Å². The first kappa shape index (κ1) is 20.0. The van der Waals surface area contributed by atoms with Gasteiger partial charge in [0.25, 0.3) is 0 Å². The molecule has 0 heterocycles. The third kappa shape index (κ3) is 3.91. The summed E-state index contributed by atoms with van der Waals surface area (Å²) in [7, 11) is 0. The van der Waals surface area contributed by atoms with Crippen molar-refractivity contribution < 1.29 is 17.9 Å². The van der Waals surface area contributed by atoms with Crippen LogP contribution in [0.4, 0.5) is 13.2 Å². The number of ether oxygens (including phenoxy) is 1. The third-order valence-electron chi connectivity index (χ3n) is 4.61. The van der Waals surface area contributed by atoms with Crippen molar-refractivity contribution in [2.24, 2.45) is 5.73 Å². The van der Waals surface area contributed by atoms with E-state index in [9.17, 15) is 13.2 Å². The molecule has 0 aromatic heterocycles. The second-order valence-corrected chi connectivity index (χ2v) is 6.33. The van der Waals surface area contributed by atoms with Gasteiger partial charge < -0.3 is 10.5 Å². The van der Waals surface area contributed by atoms with Crippen LogP contribution in [0.15, 0.2) is 78.9 Å². The van der Waals surface area contributed by atoms with Gasteiger partial charge in [0.1, 0.15) is 5.75 Å². The summed E-state index contributed by atoms with van der Waals surface area (Å²) in [6, 6.07) is 23.3.